The van der Waals surface area contributed by atoms with Gasteiger partial charge in [0.25, 0.3) is 5.91 Å². The molecule has 47 heavy (non-hydrogen) atoms. The molecule has 2 aliphatic rings. The third kappa shape index (κ3) is 7.40. The SMILES string of the molecule is O=C(NCc1cccc(-c2cccc([C@@H]3O[C@H](CN4CC[C@H](O)C4)C[C@H](c4ccc(CO)cc4)O3)c2)c1)c1cnc2ccccc2n1. The number of aliphatic hydroxyl groups excluding tert-OH is 2. The Kier molecular flexibility index (Phi) is 9.32. The van der Waals surface area contributed by atoms with Crippen molar-refractivity contribution in [1.29, 1.82) is 0 Å². The summed E-state index contributed by atoms with van der Waals surface area (Å²) in [7, 11) is 0. The van der Waals surface area contributed by atoms with Crippen molar-refractivity contribution in [3.63, 3.8) is 0 Å². The number of amides is 1. The van der Waals surface area contributed by atoms with Crippen LogP contribution in [0.3, 0.4) is 0 Å². The highest BCUT2D eigenvalue weighted by molar-refractivity contribution is 5.93. The Hall–Kier alpha value is -4.51. The molecule has 0 unspecified atom stereocenters. The van der Waals surface area contributed by atoms with Crippen LogP contribution in [0.5, 0.6) is 0 Å². The number of carbonyl (C=O) groups excluding carboxylic acids is 1. The number of hydrogen-bond acceptors (Lipinski definition) is 8. The molecule has 1 amide bonds. The van der Waals surface area contributed by atoms with Gasteiger partial charge in [-0.05, 0) is 58.5 Å². The maximum Gasteiger partial charge on any atom is 0.271 e. The van der Waals surface area contributed by atoms with Gasteiger partial charge in [-0.2, -0.15) is 0 Å². The maximum absolute atomic E-state index is 12.9. The fourth-order valence-electron chi connectivity index (χ4n) is 6.36. The number of carbonyl (C=O) groups is 1. The topological polar surface area (TPSA) is 117 Å². The lowest BCUT2D eigenvalue weighted by molar-refractivity contribution is -0.252. The van der Waals surface area contributed by atoms with Gasteiger partial charge in [-0.1, -0.05) is 72.8 Å². The zero-order chi connectivity index (χ0) is 32.2. The average molecular weight is 631 g/mol. The lowest BCUT2D eigenvalue weighted by Crippen LogP contribution is -2.38. The van der Waals surface area contributed by atoms with E-state index in [4.69, 9.17) is 9.47 Å². The number of β-amino-alcohol motifs (C(OH)–C–C–N with tert-alkyl or cyclic N) is 1. The van der Waals surface area contributed by atoms with Crippen LogP contribution in [0.2, 0.25) is 0 Å². The van der Waals surface area contributed by atoms with Gasteiger partial charge in [-0.3, -0.25) is 14.7 Å². The summed E-state index contributed by atoms with van der Waals surface area (Å²) < 4.78 is 13.2. The van der Waals surface area contributed by atoms with Crippen LogP contribution in [0.1, 0.15) is 58.0 Å². The van der Waals surface area contributed by atoms with E-state index in [1.807, 2.05) is 72.8 Å². The molecule has 2 aliphatic heterocycles. The van der Waals surface area contributed by atoms with Crippen molar-refractivity contribution in [1.82, 2.24) is 20.2 Å². The Balaban J connectivity index is 1.07. The molecule has 1 aromatic heterocycles. The minimum Gasteiger partial charge on any atom is -0.392 e. The summed E-state index contributed by atoms with van der Waals surface area (Å²) in [6.45, 7) is 2.57. The van der Waals surface area contributed by atoms with Crippen LogP contribution in [0, 0.1) is 0 Å². The number of likely N-dealkylation sites (tertiary alicyclic amines) is 1. The lowest BCUT2D eigenvalue weighted by Gasteiger charge is -2.38. The van der Waals surface area contributed by atoms with Crippen molar-refractivity contribution in [3.05, 3.63) is 131 Å². The van der Waals surface area contributed by atoms with Gasteiger partial charge in [0.1, 0.15) is 5.69 Å². The first-order valence-corrected chi connectivity index (χ1v) is 16.1. The third-order valence-electron chi connectivity index (χ3n) is 8.88. The molecule has 0 spiro atoms. The van der Waals surface area contributed by atoms with E-state index in [9.17, 15) is 15.0 Å². The zero-order valence-electron chi connectivity index (χ0n) is 26.0. The fourth-order valence-corrected chi connectivity index (χ4v) is 6.36. The molecule has 4 atom stereocenters. The van der Waals surface area contributed by atoms with Crippen molar-refractivity contribution in [3.8, 4) is 11.1 Å². The minimum absolute atomic E-state index is 0.00302. The molecule has 7 rings (SSSR count). The van der Waals surface area contributed by atoms with Crippen molar-refractivity contribution in [2.45, 2.75) is 50.6 Å². The molecular formula is C38H38N4O5. The van der Waals surface area contributed by atoms with Crippen LogP contribution in [0.15, 0.2) is 103 Å². The maximum atomic E-state index is 12.9. The summed E-state index contributed by atoms with van der Waals surface area (Å²) in [5, 5.41) is 22.6. The number of fused-ring (bicyclic) bond motifs is 1. The molecule has 3 heterocycles. The average Bonchev–Trinajstić information content (AvgIpc) is 3.54. The standard InChI is InChI=1S/C38H38N4O5/c43-24-25-11-13-27(14-12-25)36-19-32(23-42-16-15-31(44)22-42)46-38(47-36)30-8-4-7-29(18-30)28-6-3-5-26(17-28)20-40-37(45)35-21-39-33-9-1-2-10-34(33)41-35/h1-14,17-18,21,31-32,36,38,43-44H,15-16,19-20,22-24H2,(H,40,45)/t31-,32-,36+,38+/m0/s1. The molecule has 2 fully saturated rings. The van der Waals surface area contributed by atoms with Crippen molar-refractivity contribution in [2.24, 2.45) is 0 Å². The third-order valence-corrected chi connectivity index (χ3v) is 8.88. The largest absolute Gasteiger partial charge is 0.392 e. The first-order chi connectivity index (χ1) is 23.0. The number of benzene rings is 4. The fraction of sp³-hybridized carbons (Fsp3) is 0.289. The molecule has 0 aliphatic carbocycles. The van der Waals surface area contributed by atoms with Gasteiger partial charge in [0.2, 0.25) is 0 Å². The van der Waals surface area contributed by atoms with E-state index in [0.717, 1.165) is 58.4 Å². The summed E-state index contributed by atoms with van der Waals surface area (Å²) >= 11 is 0. The number of ether oxygens (including phenoxy) is 2. The molecule has 5 aromatic rings. The van der Waals surface area contributed by atoms with Crippen LogP contribution in [0.25, 0.3) is 22.2 Å². The molecule has 0 bridgehead atoms. The molecule has 4 aromatic carbocycles. The Bertz CT molecular complexity index is 1850. The molecular weight excluding hydrogens is 592 g/mol. The van der Waals surface area contributed by atoms with Crippen LogP contribution >= 0.6 is 0 Å². The Morgan fingerprint density at radius 2 is 1.66 bits per heavy atom. The molecule has 0 radical (unpaired) electrons. The lowest BCUT2D eigenvalue weighted by atomic mass is 9.98. The molecule has 9 nitrogen and oxygen atoms in total. The molecule has 240 valence electrons. The predicted molar refractivity (Wildman–Crippen MR) is 178 cm³/mol. The summed E-state index contributed by atoms with van der Waals surface area (Å²) in [5.41, 5.74) is 7.51. The van der Waals surface area contributed by atoms with Gasteiger partial charge in [0, 0.05) is 38.2 Å². The van der Waals surface area contributed by atoms with Gasteiger partial charge in [-0.25, -0.2) is 4.98 Å². The van der Waals surface area contributed by atoms with E-state index in [1.165, 1.54) is 6.20 Å². The second-order valence-corrected chi connectivity index (χ2v) is 12.3. The van der Waals surface area contributed by atoms with Crippen LogP contribution in [0.4, 0.5) is 0 Å². The van der Waals surface area contributed by atoms with Gasteiger partial charge in [-0.15, -0.1) is 0 Å². The van der Waals surface area contributed by atoms with Crippen molar-refractivity contribution in [2.75, 3.05) is 19.6 Å². The number of nitrogens with one attached hydrogen (secondary N) is 1. The number of aromatic nitrogens is 2. The van der Waals surface area contributed by atoms with Crippen molar-refractivity contribution < 1.29 is 24.5 Å². The molecule has 9 heteroatoms. The molecule has 2 saturated heterocycles. The quantitative estimate of drug-likeness (QED) is 0.200. The smallest absolute Gasteiger partial charge is 0.271 e. The van der Waals surface area contributed by atoms with E-state index in [0.29, 0.717) is 25.0 Å². The minimum atomic E-state index is -0.575. The van der Waals surface area contributed by atoms with E-state index >= 15 is 0 Å². The highest BCUT2D eigenvalue weighted by atomic mass is 16.7. The number of aliphatic hydroxyl groups is 2. The number of para-hydroxylation sites is 2. The van der Waals surface area contributed by atoms with Crippen LogP contribution in [-0.2, 0) is 22.6 Å². The van der Waals surface area contributed by atoms with Crippen LogP contribution < -0.4 is 5.32 Å². The Labute approximate surface area is 273 Å². The summed E-state index contributed by atoms with van der Waals surface area (Å²) in [6.07, 6.45) is 1.85. The Morgan fingerprint density at radius 3 is 2.45 bits per heavy atom. The first kappa shape index (κ1) is 31.1. The van der Waals surface area contributed by atoms with E-state index in [2.05, 4.69) is 44.5 Å². The Morgan fingerprint density at radius 1 is 0.872 bits per heavy atom. The highest BCUT2D eigenvalue weighted by Gasteiger charge is 2.34. The highest BCUT2D eigenvalue weighted by Crippen LogP contribution is 2.39. The summed E-state index contributed by atoms with van der Waals surface area (Å²) in [6, 6.07) is 31.7. The van der Waals surface area contributed by atoms with Gasteiger partial charge < -0.3 is 25.0 Å². The van der Waals surface area contributed by atoms with Gasteiger partial charge in [0.05, 0.1) is 42.1 Å². The predicted octanol–water partition coefficient (Wildman–Crippen LogP) is 5.33. The number of hydrogen-bond donors (Lipinski definition) is 3. The van der Waals surface area contributed by atoms with E-state index in [-0.39, 0.29) is 36.5 Å². The van der Waals surface area contributed by atoms with Crippen molar-refractivity contribution >= 4 is 16.9 Å². The van der Waals surface area contributed by atoms with Gasteiger partial charge >= 0.3 is 0 Å². The molecule has 3 N–H and O–H groups in total. The first-order valence-electron chi connectivity index (χ1n) is 16.1. The zero-order valence-corrected chi connectivity index (χ0v) is 26.0. The monoisotopic (exact) mass is 630 g/mol. The van der Waals surface area contributed by atoms with E-state index in [1.54, 1.807) is 0 Å². The second-order valence-electron chi connectivity index (χ2n) is 12.3. The van der Waals surface area contributed by atoms with Gasteiger partial charge in [0.15, 0.2) is 6.29 Å². The number of nitrogens with zero attached hydrogens (tertiary/aromatic N) is 3. The summed E-state index contributed by atoms with van der Waals surface area (Å²) in [4.78, 5) is 23.9. The molecule has 0 saturated carbocycles. The summed E-state index contributed by atoms with van der Waals surface area (Å²) in [5.74, 6) is -0.277. The second kappa shape index (κ2) is 14.1. The van der Waals surface area contributed by atoms with E-state index < -0.39 is 6.29 Å². The number of rotatable bonds is 9. The van der Waals surface area contributed by atoms with Crippen LogP contribution in [-0.4, -0.2) is 62.8 Å². The normalized spacial score (nSPS) is 21.6.